The molecule has 0 unspecified atom stereocenters. The van der Waals surface area contributed by atoms with Gasteiger partial charge in [-0.1, -0.05) is 26.2 Å². The molecule has 2 rings (SSSR count). The quantitative estimate of drug-likeness (QED) is 0.694. The molecule has 1 heterocycles. The van der Waals surface area contributed by atoms with Crippen LogP contribution in [0.25, 0.3) is 0 Å². The highest BCUT2D eigenvalue weighted by Crippen LogP contribution is 2.30. The maximum Gasteiger partial charge on any atom is 0.166 e. The van der Waals surface area contributed by atoms with Crippen molar-refractivity contribution in [2.45, 2.75) is 45.6 Å². The zero-order valence-electron chi connectivity index (χ0n) is 9.28. The van der Waals surface area contributed by atoms with Gasteiger partial charge in [-0.05, 0) is 12.3 Å². The van der Waals surface area contributed by atoms with Crippen LogP contribution in [0.2, 0.25) is 0 Å². The van der Waals surface area contributed by atoms with E-state index in [0.29, 0.717) is 5.92 Å². The van der Waals surface area contributed by atoms with Crippen molar-refractivity contribution >= 4 is 5.78 Å². The Kier molecular flexibility index (Phi) is 3.19. The van der Waals surface area contributed by atoms with E-state index in [4.69, 9.17) is 0 Å². The normalized spacial score (nSPS) is 16.3. The van der Waals surface area contributed by atoms with Crippen molar-refractivity contribution < 1.29 is 4.79 Å². The van der Waals surface area contributed by atoms with Crippen LogP contribution in [-0.2, 0) is 6.54 Å². The molecular weight excluding hydrogens is 188 g/mol. The van der Waals surface area contributed by atoms with Gasteiger partial charge in [-0.3, -0.25) is 9.48 Å². The van der Waals surface area contributed by atoms with Gasteiger partial charge in [0.25, 0.3) is 0 Å². The molecule has 1 saturated carbocycles. The monoisotopic (exact) mass is 206 g/mol. The zero-order valence-corrected chi connectivity index (χ0v) is 9.28. The molecule has 3 heteroatoms. The summed E-state index contributed by atoms with van der Waals surface area (Å²) in [7, 11) is 0. The molecule has 1 aromatic heterocycles. The van der Waals surface area contributed by atoms with E-state index < -0.39 is 0 Å². The number of aromatic nitrogens is 2. The summed E-state index contributed by atoms with van der Waals surface area (Å²) in [5.41, 5.74) is 0.787. The molecule has 0 amide bonds. The molecular formula is C12H18N2O. The van der Waals surface area contributed by atoms with E-state index in [1.165, 1.54) is 19.3 Å². The van der Waals surface area contributed by atoms with Crippen molar-refractivity contribution in [2.75, 3.05) is 0 Å². The van der Waals surface area contributed by atoms with Crippen LogP contribution in [0.15, 0.2) is 12.4 Å². The summed E-state index contributed by atoms with van der Waals surface area (Å²) in [4.78, 5) is 11.8. The number of ketones is 1. The van der Waals surface area contributed by atoms with Gasteiger partial charge >= 0.3 is 0 Å². The van der Waals surface area contributed by atoms with E-state index in [2.05, 4.69) is 12.0 Å². The first kappa shape index (κ1) is 10.4. The van der Waals surface area contributed by atoms with Gasteiger partial charge in [-0.2, -0.15) is 5.10 Å². The molecule has 0 radical (unpaired) electrons. The van der Waals surface area contributed by atoms with Crippen molar-refractivity contribution in [3.8, 4) is 0 Å². The summed E-state index contributed by atoms with van der Waals surface area (Å²) < 4.78 is 1.86. The van der Waals surface area contributed by atoms with E-state index in [-0.39, 0.29) is 5.78 Å². The number of hydrogen-bond acceptors (Lipinski definition) is 2. The van der Waals surface area contributed by atoms with Crippen LogP contribution in [0.4, 0.5) is 0 Å². The predicted octanol–water partition coefficient (Wildman–Crippen LogP) is 2.67. The van der Waals surface area contributed by atoms with Gasteiger partial charge in [0.05, 0.1) is 11.8 Å². The van der Waals surface area contributed by atoms with E-state index in [1.54, 1.807) is 6.20 Å². The topological polar surface area (TPSA) is 34.9 Å². The minimum atomic E-state index is 0.266. The third-order valence-corrected chi connectivity index (χ3v) is 3.11. The summed E-state index contributed by atoms with van der Waals surface area (Å²) >= 11 is 0. The lowest BCUT2D eigenvalue weighted by molar-refractivity contribution is 0.0936. The average molecular weight is 206 g/mol. The highest BCUT2D eigenvalue weighted by Gasteiger charge is 2.21. The fourth-order valence-electron chi connectivity index (χ4n) is 1.94. The van der Waals surface area contributed by atoms with Gasteiger partial charge in [-0.25, -0.2) is 0 Å². The Morgan fingerprint density at radius 1 is 1.60 bits per heavy atom. The first-order valence-electron chi connectivity index (χ1n) is 5.85. The maximum absolute atomic E-state index is 11.8. The molecule has 0 N–H and O–H groups in total. The van der Waals surface area contributed by atoms with E-state index in [9.17, 15) is 4.79 Å². The number of carbonyl (C=O) groups excluding carboxylic acids is 1. The van der Waals surface area contributed by atoms with E-state index in [0.717, 1.165) is 24.9 Å². The molecule has 0 aromatic carbocycles. The first-order valence-corrected chi connectivity index (χ1v) is 5.85. The molecule has 1 fully saturated rings. The van der Waals surface area contributed by atoms with Crippen molar-refractivity contribution in [1.82, 2.24) is 9.78 Å². The SMILES string of the molecule is CCCn1cc(C(=O)CC2CCC2)cn1. The summed E-state index contributed by atoms with van der Waals surface area (Å²) in [5, 5.41) is 4.17. The molecule has 1 aliphatic carbocycles. The Balaban J connectivity index is 1.92. The Labute approximate surface area is 90.5 Å². The van der Waals surface area contributed by atoms with Gasteiger partial charge in [0, 0.05) is 19.2 Å². The Bertz CT molecular complexity index is 339. The minimum Gasteiger partial charge on any atom is -0.294 e. The Hall–Kier alpha value is -1.12. The number of hydrogen-bond donors (Lipinski definition) is 0. The van der Waals surface area contributed by atoms with Crippen molar-refractivity contribution in [3.63, 3.8) is 0 Å². The predicted molar refractivity (Wildman–Crippen MR) is 58.8 cm³/mol. The molecule has 15 heavy (non-hydrogen) atoms. The fraction of sp³-hybridized carbons (Fsp3) is 0.667. The fourth-order valence-corrected chi connectivity index (χ4v) is 1.94. The molecule has 1 aliphatic rings. The van der Waals surface area contributed by atoms with Crippen LogP contribution >= 0.6 is 0 Å². The lowest BCUT2D eigenvalue weighted by Gasteiger charge is -2.23. The minimum absolute atomic E-state index is 0.266. The van der Waals surface area contributed by atoms with Gasteiger partial charge in [-0.15, -0.1) is 0 Å². The molecule has 0 spiro atoms. The second kappa shape index (κ2) is 4.60. The van der Waals surface area contributed by atoms with Crippen molar-refractivity contribution in [1.29, 1.82) is 0 Å². The van der Waals surface area contributed by atoms with Crippen LogP contribution in [0.1, 0.15) is 49.4 Å². The third-order valence-electron chi connectivity index (χ3n) is 3.11. The molecule has 0 saturated heterocycles. The molecule has 0 aliphatic heterocycles. The average Bonchev–Trinajstić information content (AvgIpc) is 2.60. The third kappa shape index (κ3) is 2.46. The summed E-state index contributed by atoms with van der Waals surface area (Å²) in [6.07, 6.45) is 9.12. The van der Waals surface area contributed by atoms with Crippen LogP contribution in [0.3, 0.4) is 0 Å². The van der Waals surface area contributed by atoms with Gasteiger partial charge < -0.3 is 0 Å². The first-order chi connectivity index (χ1) is 7.29. The Morgan fingerprint density at radius 3 is 3.00 bits per heavy atom. The molecule has 3 nitrogen and oxygen atoms in total. The number of nitrogens with zero attached hydrogens (tertiary/aromatic N) is 2. The summed E-state index contributed by atoms with van der Waals surface area (Å²) in [5.74, 6) is 0.911. The number of carbonyl (C=O) groups is 1. The van der Waals surface area contributed by atoms with Crippen LogP contribution in [-0.4, -0.2) is 15.6 Å². The second-order valence-electron chi connectivity index (χ2n) is 4.42. The lowest BCUT2D eigenvalue weighted by atomic mass is 9.81. The number of aryl methyl sites for hydroxylation is 1. The molecule has 0 bridgehead atoms. The highest BCUT2D eigenvalue weighted by atomic mass is 16.1. The Morgan fingerprint density at radius 2 is 2.40 bits per heavy atom. The highest BCUT2D eigenvalue weighted by molar-refractivity contribution is 5.95. The number of rotatable bonds is 5. The van der Waals surface area contributed by atoms with Crippen molar-refractivity contribution in [3.05, 3.63) is 18.0 Å². The largest absolute Gasteiger partial charge is 0.294 e. The maximum atomic E-state index is 11.8. The van der Waals surface area contributed by atoms with Gasteiger partial charge in [0.2, 0.25) is 0 Å². The molecule has 1 aromatic rings. The van der Waals surface area contributed by atoms with Gasteiger partial charge in [0.15, 0.2) is 5.78 Å². The van der Waals surface area contributed by atoms with E-state index >= 15 is 0 Å². The van der Waals surface area contributed by atoms with Crippen LogP contribution in [0.5, 0.6) is 0 Å². The second-order valence-corrected chi connectivity index (χ2v) is 4.42. The van der Waals surface area contributed by atoms with Crippen LogP contribution in [0, 0.1) is 5.92 Å². The lowest BCUT2D eigenvalue weighted by Crippen LogP contribution is -2.15. The molecule has 82 valence electrons. The molecule has 0 atom stereocenters. The summed E-state index contributed by atoms with van der Waals surface area (Å²) in [6, 6.07) is 0. The van der Waals surface area contributed by atoms with Crippen molar-refractivity contribution in [2.24, 2.45) is 5.92 Å². The number of Topliss-reactive ketones (excluding diaryl/α,β-unsaturated/α-hetero) is 1. The standard InChI is InChI=1S/C12H18N2O/c1-2-6-14-9-11(8-13-14)12(15)7-10-4-3-5-10/h8-10H,2-7H2,1H3. The van der Waals surface area contributed by atoms with E-state index in [1.807, 2.05) is 10.9 Å². The van der Waals surface area contributed by atoms with Crippen LogP contribution < -0.4 is 0 Å². The zero-order chi connectivity index (χ0) is 10.7. The smallest absolute Gasteiger partial charge is 0.166 e. The van der Waals surface area contributed by atoms with Gasteiger partial charge in [0.1, 0.15) is 0 Å². The summed E-state index contributed by atoms with van der Waals surface area (Å²) in [6.45, 7) is 3.01.